The number of amides is 2. The highest BCUT2D eigenvalue weighted by Crippen LogP contribution is 2.29. The van der Waals surface area contributed by atoms with Gasteiger partial charge in [0, 0.05) is 16.6 Å². The molecule has 0 radical (unpaired) electrons. The molecule has 1 aromatic heterocycles. The van der Waals surface area contributed by atoms with E-state index >= 15 is 0 Å². The fourth-order valence-electron chi connectivity index (χ4n) is 3.45. The SMILES string of the molecule is C=CCn1c(SCC(=O)Nc2cc(Cl)ccc2OC)nnc1[C@@H](NC(=O)c1ccc(Cl)cc1Cl)C(C)C. The molecule has 0 saturated carbocycles. The average molecular weight is 583 g/mol. The van der Waals surface area contributed by atoms with Crippen LogP contribution in [0.2, 0.25) is 15.1 Å². The zero-order valence-electron chi connectivity index (χ0n) is 20.4. The lowest BCUT2D eigenvalue weighted by Crippen LogP contribution is -2.34. The van der Waals surface area contributed by atoms with Crippen molar-refractivity contribution in [2.24, 2.45) is 5.92 Å². The number of ether oxygens (including phenoxy) is 1. The van der Waals surface area contributed by atoms with Crippen LogP contribution in [0, 0.1) is 5.92 Å². The fraction of sp³-hybridized carbons (Fsp3) is 0.280. The van der Waals surface area contributed by atoms with Crippen molar-refractivity contribution in [2.45, 2.75) is 31.6 Å². The Kier molecular flexibility index (Phi) is 10.3. The number of hydrogen-bond donors (Lipinski definition) is 2. The molecule has 2 amide bonds. The molecule has 12 heteroatoms. The van der Waals surface area contributed by atoms with Crippen LogP contribution in [0.3, 0.4) is 0 Å². The molecule has 0 saturated heterocycles. The van der Waals surface area contributed by atoms with Crippen LogP contribution in [0.15, 0.2) is 54.2 Å². The summed E-state index contributed by atoms with van der Waals surface area (Å²) in [4.78, 5) is 25.7. The quantitative estimate of drug-likeness (QED) is 0.204. The molecule has 1 atom stereocenters. The number of nitrogens with zero attached hydrogens (tertiary/aromatic N) is 3. The third-order valence-corrected chi connectivity index (χ3v) is 6.98. The van der Waals surface area contributed by atoms with E-state index in [1.54, 1.807) is 36.4 Å². The summed E-state index contributed by atoms with van der Waals surface area (Å²) in [5, 5.41) is 16.1. The molecule has 2 aromatic carbocycles. The highest BCUT2D eigenvalue weighted by atomic mass is 35.5. The Bertz CT molecular complexity index is 1300. The van der Waals surface area contributed by atoms with Crippen LogP contribution in [-0.2, 0) is 11.3 Å². The van der Waals surface area contributed by atoms with E-state index in [9.17, 15) is 9.59 Å². The van der Waals surface area contributed by atoms with E-state index in [-0.39, 0.29) is 28.5 Å². The lowest BCUT2D eigenvalue weighted by Gasteiger charge is -2.23. The van der Waals surface area contributed by atoms with Crippen molar-refractivity contribution >= 4 is 64.1 Å². The lowest BCUT2D eigenvalue weighted by atomic mass is 10.0. The van der Waals surface area contributed by atoms with E-state index in [0.29, 0.717) is 44.6 Å². The maximum absolute atomic E-state index is 13.0. The Labute approximate surface area is 234 Å². The molecule has 196 valence electrons. The van der Waals surface area contributed by atoms with Crippen LogP contribution >= 0.6 is 46.6 Å². The molecule has 3 rings (SSSR count). The topological polar surface area (TPSA) is 98.1 Å². The van der Waals surface area contributed by atoms with E-state index < -0.39 is 6.04 Å². The number of rotatable bonds is 11. The van der Waals surface area contributed by atoms with Gasteiger partial charge >= 0.3 is 0 Å². The summed E-state index contributed by atoms with van der Waals surface area (Å²) in [5.74, 6) is 0.427. The number of halogens is 3. The first-order chi connectivity index (χ1) is 17.6. The molecule has 0 fully saturated rings. The Morgan fingerprint density at radius 1 is 1.14 bits per heavy atom. The van der Waals surface area contributed by atoms with Gasteiger partial charge in [0.1, 0.15) is 5.75 Å². The highest BCUT2D eigenvalue weighted by molar-refractivity contribution is 7.99. The second-order valence-corrected chi connectivity index (χ2v) is 10.5. The summed E-state index contributed by atoms with van der Waals surface area (Å²) in [6.45, 7) is 8.12. The third kappa shape index (κ3) is 7.41. The molecule has 0 unspecified atom stereocenters. The van der Waals surface area contributed by atoms with Crippen LogP contribution in [0.1, 0.15) is 36.1 Å². The van der Waals surface area contributed by atoms with Crippen molar-refractivity contribution < 1.29 is 14.3 Å². The molecule has 0 spiro atoms. The third-order valence-electron chi connectivity index (χ3n) is 5.23. The molecule has 0 aliphatic carbocycles. The minimum atomic E-state index is -0.481. The second kappa shape index (κ2) is 13.2. The van der Waals surface area contributed by atoms with Crippen molar-refractivity contribution in [2.75, 3.05) is 18.2 Å². The maximum atomic E-state index is 13.0. The largest absolute Gasteiger partial charge is 0.495 e. The van der Waals surface area contributed by atoms with Crippen LogP contribution in [0.25, 0.3) is 0 Å². The number of allylic oxidation sites excluding steroid dienone is 1. The molecule has 37 heavy (non-hydrogen) atoms. The molecule has 8 nitrogen and oxygen atoms in total. The highest BCUT2D eigenvalue weighted by Gasteiger charge is 2.27. The summed E-state index contributed by atoms with van der Waals surface area (Å²) in [7, 11) is 1.51. The van der Waals surface area contributed by atoms with E-state index in [4.69, 9.17) is 39.5 Å². The number of anilines is 1. The second-order valence-electron chi connectivity index (χ2n) is 8.24. The number of thioether (sulfide) groups is 1. The summed E-state index contributed by atoms with van der Waals surface area (Å²) in [6.07, 6.45) is 1.70. The zero-order valence-corrected chi connectivity index (χ0v) is 23.5. The molecule has 0 bridgehead atoms. The van der Waals surface area contributed by atoms with Gasteiger partial charge in [-0.15, -0.1) is 16.8 Å². The van der Waals surface area contributed by atoms with E-state index in [0.717, 1.165) is 0 Å². The van der Waals surface area contributed by atoms with Gasteiger partial charge in [0.25, 0.3) is 5.91 Å². The molecule has 0 aliphatic heterocycles. The number of carbonyl (C=O) groups is 2. The first-order valence-electron chi connectivity index (χ1n) is 11.2. The molecule has 3 aromatic rings. The van der Waals surface area contributed by atoms with Gasteiger partial charge in [-0.25, -0.2) is 0 Å². The van der Waals surface area contributed by atoms with Crippen LogP contribution in [0.4, 0.5) is 5.69 Å². The molecule has 0 aliphatic rings. The van der Waals surface area contributed by atoms with Gasteiger partial charge in [-0.1, -0.05) is 66.5 Å². The summed E-state index contributed by atoms with van der Waals surface area (Å²) in [5.41, 5.74) is 0.770. The zero-order chi connectivity index (χ0) is 27.1. The predicted octanol–water partition coefficient (Wildman–Crippen LogP) is 6.29. The van der Waals surface area contributed by atoms with Gasteiger partial charge in [0.15, 0.2) is 11.0 Å². The molecule has 2 N–H and O–H groups in total. The van der Waals surface area contributed by atoms with E-state index in [1.807, 2.05) is 18.4 Å². The standard InChI is InChI=1S/C25H26Cl3N5O3S/c1-5-10-33-23(22(14(2)3)30-24(35)17-8-6-15(26)11-18(17)28)31-32-25(33)37-13-21(34)29-19-12-16(27)7-9-20(19)36-4/h5-9,11-12,14,22H,1,10,13H2,2-4H3,(H,29,34)(H,30,35)/t22-/m0/s1. The van der Waals surface area contributed by atoms with Gasteiger partial charge in [-0.2, -0.15) is 0 Å². The molecular weight excluding hydrogens is 557 g/mol. The molecular formula is C25H26Cl3N5O3S. The fourth-order valence-corrected chi connectivity index (χ4v) is 4.88. The van der Waals surface area contributed by atoms with Gasteiger partial charge in [0.05, 0.1) is 35.2 Å². The summed E-state index contributed by atoms with van der Waals surface area (Å²) < 4.78 is 7.10. The van der Waals surface area contributed by atoms with Crippen LogP contribution in [-0.4, -0.2) is 39.4 Å². The van der Waals surface area contributed by atoms with Crippen molar-refractivity contribution in [3.8, 4) is 5.75 Å². The van der Waals surface area contributed by atoms with Gasteiger partial charge in [-0.3, -0.25) is 9.59 Å². The summed E-state index contributed by atoms with van der Waals surface area (Å²) in [6, 6.07) is 9.17. The number of hydrogen-bond acceptors (Lipinski definition) is 6. The van der Waals surface area contributed by atoms with E-state index in [2.05, 4.69) is 27.4 Å². The number of methoxy groups -OCH3 is 1. The monoisotopic (exact) mass is 581 g/mol. The average Bonchev–Trinajstić information content (AvgIpc) is 3.23. The Hall–Kier alpha value is -2.72. The van der Waals surface area contributed by atoms with Crippen molar-refractivity contribution in [1.82, 2.24) is 20.1 Å². The Balaban J connectivity index is 1.78. The first kappa shape index (κ1) is 28.8. The number of aromatic nitrogens is 3. The number of nitrogens with one attached hydrogen (secondary N) is 2. The molecule has 1 heterocycles. The normalized spacial score (nSPS) is 11.8. The van der Waals surface area contributed by atoms with Crippen molar-refractivity contribution in [3.63, 3.8) is 0 Å². The maximum Gasteiger partial charge on any atom is 0.253 e. The van der Waals surface area contributed by atoms with Gasteiger partial charge < -0.3 is 19.9 Å². The first-order valence-corrected chi connectivity index (χ1v) is 13.3. The van der Waals surface area contributed by atoms with Gasteiger partial charge in [0.2, 0.25) is 5.91 Å². The Morgan fingerprint density at radius 2 is 1.84 bits per heavy atom. The minimum absolute atomic E-state index is 0.0285. The lowest BCUT2D eigenvalue weighted by molar-refractivity contribution is -0.113. The number of carbonyl (C=O) groups excluding carboxylic acids is 2. The van der Waals surface area contributed by atoms with Crippen LogP contribution < -0.4 is 15.4 Å². The Morgan fingerprint density at radius 3 is 2.49 bits per heavy atom. The van der Waals surface area contributed by atoms with E-state index in [1.165, 1.54) is 24.9 Å². The minimum Gasteiger partial charge on any atom is -0.495 e. The van der Waals surface area contributed by atoms with Gasteiger partial charge in [-0.05, 0) is 42.3 Å². The van der Waals surface area contributed by atoms with Crippen molar-refractivity contribution in [1.29, 1.82) is 0 Å². The van der Waals surface area contributed by atoms with Crippen LogP contribution in [0.5, 0.6) is 5.75 Å². The number of benzene rings is 2. The predicted molar refractivity (Wildman–Crippen MR) is 149 cm³/mol. The smallest absolute Gasteiger partial charge is 0.253 e. The van der Waals surface area contributed by atoms with Crippen molar-refractivity contribution in [3.05, 3.63) is 75.5 Å². The summed E-state index contributed by atoms with van der Waals surface area (Å²) >= 11 is 19.4.